The molecule has 0 aliphatic carbocycles. The summed E-state index contributed by atoms with van der Waals surface area (Å²) in [5.74, 6) is -1.34. The van der Waals surface area contributed by atoms with E-state index in [0.29, 0.717) is 11.0 Å². The number of fused-ring (bicyclic) bond motifs is 1. The van der Waals surface area contributed by atoms with Crippen LogP contribution in [0.1, 0.15) is 13.5 Å². The largest absolute Gasteiger partial charge is 0.380 e. The monoisotopic (exact) mass is 529 g/mol. The lowest BCUT2D eigenvalue weighted by Gasteiger charge is -2.40. The molecule has 1 fully saturated rings. The molecule has 1 aliphatic rings. The van der Waals surface area contributed by atoms with Crippen molar-refractivity contribution in [2.75, 3.05) is 29.1 Å². The van der Waals surface area contributed by atoms with Crippen molar-refractivity contribution in [3.8, 4) is 5.69 Å². The first-order valence-corrected chi connectivity index (χ1v) is 11.2. The molecule has 1 aromatic carbocycles. The molecule has 198 valence electrons. The van der Waals surface area contributed by atoms with E-state index in [1.54, 1.807) is 6.07 Å². The van der Waals surface area contributed by atoms with Crippen molar-refractivity contribution in [1.29, 1.82) is 0 Å². The molecule has 4 aromatic rings. The number of aromatic nitrogens is 4. The summed E-state index contributed by atoms with van der Waals surface area (Å²) in [7, 11) is 0. The van der Waals surface area contributed by atoms with Gasteiger partial charge in [-0.15, -0.1) is 5.10 Å². The minimum absolute atomic E-state index is 0.0288. The summed E-state index contributed by atoms with van der Waals surface area (Å²) >= 11 is 0. The van der Waals surface area contributed by atoms with E-state index in [1.165, 1.54) is 47.0 Å². The Morgan fingerprint density at radius 2 is 2.03 bits per heavy atom. The summed E-state index contributed by atoms with van der Waals surface area (Å²) in [6.45, 7) is -1.73. The number of nitrogens with zero attached hydrogens (tertiary/aromatic N) is 5. The van der Waals surface area contributed by atoms with E-state index in [4.69, 9.17) is 15.0 Å². The molecule has 2 amide bonds. The highest BCUT2D eigenvalue weighted by atomic mass is 19.3. The summed E-state index contributed by atoms with van der Waals surface area (Å²) in [6, 6.07) is 8.31. The predicted octanol–water partition coefficient (Wildman–Crippen LogP) is 1.27. The van der Waals surface area contributed by atoms with E-state index in [2.05, 4.69) is 15.6 Å². The molecular formula is C23H21F2N7O6. The molecule has 5 rings (SSSR count). The minimum atomic E-state index is -3.04. The summed E-state index contributed by atoms with van der Waals surface area (Å²) in [5, 5.41) is 21.8. The molecule has 0 saturated carbocycles. The summed E-state index contributed by atoms with van der Waals surface area (Å²) in [6.07, 6.45) is 0.443. The van der Waals surface area contributed by atoms with Crippen LogP contribution in [0.5, 0.6) is 0 Å². The molecule has 4 heterocycles. The van der Waals surface area contributed by atoms with Crippen LogP contribution in [0.3, 0.4) is 0 Å². The second kappa shape index (κ2) is 9.35. The van der Waals surface area contributed by atoms with Crippen LogP contribution in [-0.2, 0) is 14.3 Å². The van der Waals surface area contributed by atoms with Crippen LogP contribution in [-0.4, -0.2) is 61.3 Å². The molecule has 1 saturated heterocycles. The number of morpholine rings is 1. The number of rotatable bonds is 6. The van der Waals surface area contributed by atoms with Gasteiger partial charge in [0.15, 0.2) is 28.9 Å². The molecular weight excluding hydrogens is 508 g/mol. The Bertz CT molecular complexity index is 1600. The molecule has 0 radical (unpaired) electrons. The number of amides is 2. The van der Waals surface area contributed by atoms with Crippen LogP contribution in [0.2, 0.25) is 0 Å². The van der Waals surface area contributed by atoms with E-state index in [1.807, 2.05) is 0 Å². The molecule has 2 atom stereocenters. The zero-order valence-electron chi connectivity index (χ0n) is 19.7. The second-order valence-electron chi connectivity index (χ2n) is 8.61. The SMILES string of the molecule is CC1(C(O)C(=O)Nc2ccc3c(N)noc3c2)OCCN(c2ccn(-c3ccc(=O)n(C(F)F)c3)n2)C1=O. The number of anilines is 3. The molecule has 15 heteroatoms. The Balaban J connectivity index is 1.35. The van der Waals surface area contributed by atoms with Gasteiger partial charge in [-0.05, 0) is 25.1 Å². The molecule has 0 spiro atoms. The topological polar surface area (TPSA) is 171 Å². The summed E-state index contributed by atoms with van der Waals surface area (Å²) < 4.78 is 38.3. The van der Waals surface area contributed by atoms with Crippen molar-refractivity contribution < 1.29 is 32.7 Å². The van der Waals surface area contributed by atoms with Gasteiger partial charge < -0.3 is 25.4 Å². The number of aliphatic hydroxyl groups is 1. The number of halogens is 2. The van der Waals surface area contributed by atoms with Crippen molar-refractivity contribution in [3.63, 3.8) is 0 Å². The number of benzene rings is 1. The van der Waals surface area contributed by atoms with Gasteiger partial charge in [0.25, 0.3) is 17.4 Å². The average Bonchev–Trinajstić information content (AvgIpc) is 3.52. The number of carbonyl (C=O) groups is 2. The second-order valence-corrected chi connectivity index (χ2v) is 8.61. The average molecular weight is 529 g/mol. The molecule has 38 heavy (non-hydrogen) atoms. The van der Waals surface area contributed by atoms with Gasteiger partial charge in [-0.1, -0.05) is 5.16 Å². The van der Waals surface area contributed by atoms with E-state index in [-0.39, 0.29) is 40.7 Å². The fourth-order valence-corrected chi connectivity index (χ4v) is 4.07. The highest BCUT2D eigenvalue weighted by Crippen LogP contribution is 2.29. The molecule has 1 aliphatic heterocycles. The first-order valence-electron chi connectivity index (χ1n) is 11.2. The van der Waals surface area contributed by atoms with Crippen molar-refractivity contribution in [2.45, 2.75) is 25.2 Å². The minimum Gasteiger partial charge on any atom is -0.380 e. The molecule has 13 nitrogen and oxygen atoms in total. The highest BCUT2D eigenvalue weighted by molar-refractivity contribution is 6.06. The van der Waals surface area contributed by atoms with E-state index < -0.39 is 35.6 Å². The number of ether oxygens (including phenoxy) is 1. The van der Waals surface area contributed by atoms with Gasteiger partial charge in [0, 0.05) is 36.3 Å². The number of alkyl halides is 2. The van der Waals surface area contributed by atoms with Crippen molar-refractivity contribution in [3.05, 3.63) is 59.1 Å². The number of hydrogen-bond acceptors (Lipinski definition) is 9. The third-order valence-corrected chi connectivity index (χ3v) is 6.17. The van der Waals surface area contributed by atoms with Crippen molar-refractivity contribution >= 4 is 40.1 Å². The van der Waals surface area contributed by atoms with Crippen LogP contribution >= 0.6 is 0 Å². The highest BCUT2D eigenvalue weighted by Gasteiger charge is 2.51. The molecule has 0 bridgehead atoms. The Morgan fingerprint density at radius 1 is 1.24 bits per heavy atom. The van der Waals surface area contributed by atoms with Gasteiger partial charge in [-0.25, -0.2) is 4.68 Å². The lowest BCUT2D eigenvalue weighted by molar-refractivity contribution is -0.170. The third-order valence-electron chi connectivity index (χ3n) is 6.17. The maximum atomic E-state index is 13.4. The van der Waals surface area contributed by atoms with Crippen LogP contribution < -0.4 is 21.5 Å². The lowest BCUT2D eigenvalue weighted by atomic mass is 9.94. The predicted molar refractivity (Wildman–Crippen MR) is 129 cm³/mol. The zero-order valence-corrected chi connectivity index (χ0v) is 19.7. The van der Waals surface area contributed by atoms with Gasteiger partial charge in [0.05, 0.1) is 24.2 Å². The van der Waals surface area contributed by atoms with Crippen LogP contribution in [0.15, 0.2) is 58.1 Å². The van der Waals surface area contributed by atoms with E-state index in [0.717, 1.165) is 12.3 Å². The van der Waals surface area contributed by atoms with Crippen molar-refractivity contribution in [1.82, 2.24) is 19.5 Å². The van der Waals surface area contributed by atoms with Gasteiger partial charge in [-0.2, -0.15) is 8.78 Å². The number of aliphatic hydroxyl groups excluding tert-OH is 1. The molecule has 3 aromatic heterocycles. The first-order chi connectivity index (χ1) is 18.1. The number of nitrogens with two attached hydrogens (primary N) is 1. The summed E-state index contributed by atoms with van der Waals surface area (Å²) in [4.78, 5) is 39.1. The fraction of sp³-hybridized carbons (Fsp3) is 0.261. The van der Waals surface area contributed by atoms with Gasteiger partial charge >= 0.3 is 6.55 Å². The quantitative estimate of drug-likeness (QED) is 0.333. The van der Waals surface area contributed by atoms with E-state index >= 15 is 0 Å². The van der Waals surface area contributed by atoms with Gasteiger partial charge in [-0.3, -0.25) is 23.9 Å². The van der Waals surface area contributed by atoms with Crippen LogP contribution in [0.4, 0.5) is 26.1 Å². The number of nitrogens with one attached hydrogen (secondary N) is 1. The number of pyridine rings is 1. The Labute approximate surface area is 212 Å². The number of nitrogen functional groups attached to an aromatic ring is 1. The maximum Gasteiger partial charge on any atom is 0.321 e. The Hall–Kier alpha value is -4.63. The molecule has 4 N–H and O–H groups in total. The van der Waals surface area contributed by atoms with Crippen LogP contribution in [0.25, 0.3) is 16.7 Å². The van der Waals surface area contributed by atoms with Gasteiger partial charge in [0.2, 0.25) is 0 Å². The fourth-order valence-electron chi connectivity index (χ4n) is 4.07. The van der Waals surface area contributed by atoms with Crippen LogP contribution in [0, 0.1) is 0 Å². The Kier molecular flexibility index (Phi) is 6.16. The van der Waals surface area contributed by atoms with E-state index in [9.17, 15) is 28.3 Å². The smallest absolute Gasteiger partial charge is 0.321 e. The Morgan fingerprint density at radius 3 is 2.79 bits per heavy atom. The number of carbonyl (C=O) groups excluding carboxylic acids is 2. The standard InChI is InChI=1S/C23H21F2N7O6/c1-23(18(34)20(35)27-12-2-4-14-15(10-12)38-29-19(14)26)21(36)30(8-9-37-23)16-6-7-32(28-16)13-3-5-17(33)31(11-13)22(24)25/h2-7,10-11,18,22,34H,8-9H2,1H3,(H2,26,29)(H,27,35). The van der Waals surface area contributed by atoms with Gasteiger partial charge in [0.1, 0.15) is 0 Å². The van der Waals surface area contributed by atoms with Crippen molar-refractivity contribution in [2.24, 2.45) is 0 Å². The summed E-state index contributed by atoms with van der Waals surface area (Å²) in [5.41, 5.74) is 3.58. The molecule has 2 unspecified atom stereocenters. The lowest BCUT2D eigenvalue weighted by Crippen LogP contribution is -2.63. The maximum absolute atomic E-state index is 13.4. The normalized spacial score (nSPS) is 18.8. The number of hydrogen-bond donors (Lipinski definition) is 3. The first kappa shape index (κ1) is 25.0. The zero-order chi connectivity index (χ0) is 27.2. The third kappa shape index (κ3) is 4.26.